The summed E-state index contributed by atoms with van der Waals surface area (Å²) in [5, 5.41) is 9.76. The first-order valence-corrected chi connectivity index (χ1v) is 6.26. The molecule has 1 saturated carbocycles. The Hall–Kier alpha value is -0.860. The van der Waals surface area contributed by atoms with Crippen molar-refractivity contribution in [3.63, 3.8) is 0 Å². The quantitative estimate of drug-likeness (QED) is 0.785. The molecule has 0 amide bonds. The van der Waals surface area contributed by atoms with Crippen LogP contribution in [0.15, 0.2) is 24.3 Å². The van der Waals surface area contributed by atoms with E-state index in [1.165, 1.54) is 36.8 Å². The molecule has 0 saturated heterocycles. The second-order valence-corrected chi connectivity index (χ2v) is 4.96. The summed E-state index contributed by atoms with van der Waals surface area (Å²) in [6.07, 6.45) is 5.26. The molecule has 16 heavy (non-hydrogen) atoms. The third kappa shape index (κ3) is 1.76. The van der Waals surface area contributed by atoms with E-state index >= 15 is 0 Å². The number of rotatable bonds is 1. The van der Waals surface area contributed by atoms with E-state index in [4.69, 9.17) is 4.74 Å². The molecule has 1 heterocycles. The largest absolute Gasteiger partial charge is 0.368 e. The average Bonchev–Trinajstić information content (AvgIpc) is 2.81. The van der Waals surface area contributed by atoms with Crippen LogP contribution in [0.3, 0.4) is 0 Å². The van der Waals surface area contributed by atoms with Crippen molar-refractivity contribution >= 4 is 0 Å². The highest BCUT2D eigenvalue weighted by atomic mass is 16.6. The van der Waals surface area contributed by atoms with Crippen LogP contribution in [-0.4, -0.2) is 11.4 Å². The molecule has 1 aromatic carbocycles. The Morgan fingerprint density at radius 3 is 2.69 bits per heavy atom. The third-order valence-corrected chi connectivity index (χ3v) is 3.89. The number of hydrogen-bond donors (Lipinski definition) is 1. The van der Waals surface area contributed by atoms with Crippen molar-refractivity contribution in [3.8, 4) is 0 Å². The molecule has 3 rings (SSSR count). The first-order valence-electron chi connectivity index (χ1n) is 6.26. The van der Waals surface area contributed by atoms with Crippen molar-refractivity contribution in [2.75, 3.05) is 0 Å². The van der Waals surface area contributed by atoms with Crippen LogP contribution in [0.4, 0.5) is 0 Å². The maximum Gasteiger partial charge on any atom is 0.159 e. The molecule has 1 N–H and O–H groups in total. The third-order valence-electron chi connectivity index (χ3n) is 3.89. The van der Waals surface area contributed by atoms with Crippen LogP contribution in [-0.2, 0) is 11.2 Å². The van der Waals surface area contributed by atoms with Crippen molar-refractivity contribution in [2.24, 2.45) is 5.92 Å². The summed E-state index contributed by atoms with van der Waals surface area (Å²) in [6.45, 7) is 0. The van der Waals surface area contributed by atoms with Gasteiger partial charge in [0.05, 0.1) is 6.10 Å². The summed E-state index contributed by atoms with van der Waals surface area (Å²) in [6, 6.07) is 8.39. The summed E-state index contributed by atoms with van der Waals surface area (Å²) in [4.78, 5) is 0. The van der Waals surface area contributed by atoms with Gasteiger partial charge in [0.25, 0.3) is 0 Å². The fourth-order valence-corrected chi connectivity index (χ4v) is 3.10. The first kappa shape index (κ1) is 10.3. The van der Waals surface area contributed by atoms with E-state index in [2.05, 4.69) is 18.2 Å². The minimum atomic E-state index is -0.611. The molecule has 2 atom stereocenters. The molecule has 1 aromatic rings. The van der Waals surface area contributed by atoms with Gasteiger partial charge in [-0.1, -0.05) is 37.1 Å². The second kappa shape index (κ2) is 4.19. The highest BCUT2D eigenvalue weighted by Crippen LogP contribution is 2.42. The van der Waals surface area contributed by atoms with Crippen molar-refractivity contribution in [2.45, 2.75) is 44.5 Å². The molecule has 2 heteroatoms. The van der Waals surface area contributed by atoms with Gasteiger partial charge in [0.1, 0.15) is 0 Å². The Morgan fingerprint density at radius 1 is 1.12 bits per heavy atom. The van der Waals surface area contributed by atoms with E-state index in [1.807, 2.05) is 6.07 Å². The monoisotopic (exact) mass is 218 g/mol. The predicted octanol–water partition coefficient (Wildman–Crippen LogP) is 2.81. The summed E-state index contributed by atoms with van der Waals surface area (Å²) in [5.74, 6) is 0.607. The van der Waals surface area contributed by atoms with Gasteiger partial charge in [0.2, 0.25) is 0 Å². The van der Waals surface area contributed by atoms with Gasteiger partial charge in [-0.3, -0.25) is 0 Å². The first-order chi connectivity index (χ1) is 7.84. The smallest absolute Gasteiger partial charge is 0.159 e. The lowest BCUT2D eigenvalue weighted by Gasteiger charge is -2.33. The van der Waals surface area contributed by atoms with Crippen molar-refractivity contribution in [3.05, 3.63) is 35.4 Å². The van der Waals surface area contributed by atoms with E-state index in [-0.39, 0.29) is 6.10 Å². The average molecular weight is 218 g/mol. The van der Waals surface area contributed by atoms with Crippen LogP contribution in [0.25, 0.3) is 0 Å². The van der Waals surface area contributed by atoms with Crippen molar-refractivity contribution in [1.82, 2.24) is 0 Å². The van der Waals surface area contributed by atoms with Gasteiger partial charge in [0.15, 0.2) is 6.29 Å². The Labute approximate surface area is 96.2 Å². The maximum absolute atomic E-state index is 9.76. The van der Waals surface area contributed by atoms with Gasteiger partial charge in [-0.15, -0.1) is 0 Å². The molecular weight excluding hydrogens is 200 g/mol. The molecule has 1 fully saturated rings. The van der Waals surface area contributed by atoms with E-state index in [1.54, 1.807) is 0 Å². The molecule has 1 aliphatic carbocycles. The van der Waals surface area contributed by atoms with Crippen LogP contribution in [0, 0.1) is 5.92 Å². The minimum Gasteiger partial charge on any atom is -0.368 e. The number of aliphatic hydroxyl groups excluding tert-OH is 1. The van der Waals surface area contributed by atoms with E-state index in [0.29, 0.717) is 12.3 Å². The summed E-state index contributed by atoms with van der Waals surface area (Å²) in [5.41, 5.74) is 2.57. The molecule has 0 aromatic heterocycles. The van der Waals surface area contributed by atoms with Crippen LogP contribution in [0.2, 0.25) is 0 Å². The van der Waals surface area contributed by atoms with E-state index < -0.39 is 6.29 Å². The topological polar surface area (TPSA) is 29.5 Å². The Bertz CT molecular complexity index is 369. The maximum atomic E-state index is 9.76. The lowest BCUT2D eigenvalue weighted by atomic mass is 9.88. The molecule has 86 valence electrons. The summed E-state index contributed by atoms with van der Waals surface area (Å²) >= 11 is 0. The van der Waals surface area contributed by atoms with Crippen LogP contribution >= 0.6 is 0 Å². The summed E-state index contributed by atoms with van der Waals surface area (Å²) in [7, 11) is 0. The molecule has 2 aliphatic rings. The number of hydrogen-bond acceptors (Lipinski definition) is 2. The highest BCUT2D eigenvalue weighted by Gasteiger charge is 2.33. The normalized spacial score (nSPS) is 30.3. The Kier molecular flexibility index (Phi) is 2.70. The zero-order valence-corrected chi connectivity index (χ0v) is 9.43. The zero-order valence-electron chi connectivity index (χ0n) is 9.43. The zero-order chi connectivity index (χ0) is 11.0. The number of benzene rings is 1. The van der Waals surface area contributed by atoms with Crippen LogP contribution in [0.5, 0.6) is 0 Å². The molecule has 2 unspecified atom stereocenters. The molecule has 2 nitrogen and oxygen atoms in total. The van der Waals surface area contributed by atoms with Crippen LogP contribution in [0.1, 0.15) is 42.9 Å². The Morgan fingerprint density at radius 2 is 1.88 bits per heavy atom. The fraction of sp³-hybridized carbons (Fsp3) is 0.571. The SMILES string of the molecule is OC1Cc2ccccc2C(C2CCCC2)O1. The molecule has 0 radical (unpaired) electrons. The van der Waals surface area contributed by atoms with Gasteiger partial charge >= 0.3 is 0 Å². The van der Waals surface area contributed by atoms with Crippen molar-refractivity contribution < 1.29 is 9.84 Å². The van der Waals surface area contributed by atoms with E-state index in [9.17, 15) is 5.11 Å². The van der Waals surface area contributed by atoms with Crippen LogP contribution < -0.4 is 0 Å². The van der Waals surface area contributed by atoms with E-state index in [0.717, 1.165) is 0 Å². The second-order valence-electron chi connectivity index (χ2n) is 4.96. The van der Waals surface area contributed by atoms with Gasteiger partial charge in [0, 0.05) is 6.42 Å². The Balaban J connectivity index is 1.93. The highest BCUT2D eigenvalue weighted by molar-refractivity contribution is 5.31. The predicted molar refractivity (Wildman–Crippen MR) is 61.9 cm³/mol. The minimum absolute atomic E-state index is 0.127. The molecule has 1 aliphatic heterocycles. The van der Waals surface area contributed by atoms with Gasteiger partial charge in [-0.25, -0.2) is 0 Å². The van der Waals surface area contributed by atoms with Gasteiger partial charge < -0.3 is 9.84 Å². The molecule has 0 spiro atoms. The number of fused-ring (bicyclic) bond motifs is 1. The van der Waals surface area contributed by atoms with Gasteiger partial charge in [-0.2, -0.15) is 0 Å². The fourth-order valence-electron chi connectivity index (χ4n) is 3.10. The molecular formula is C14H18O2. The molecule has 0 bridgehead atoms. The lowest BCUT2D eigenvalue weighted by Crippen LogP contribution is -2.29. The van der Waals surface area contributed by atoms with Crippen molar-refractivity contribution in [1.29, 1.82) is 0 Å². The number of ether oxygens (including phenoxy) is 1. The standard InChI is InChI=1S/C14H18O2/c15-13-9-11-7-3-4-8-12(11)14(16-13)10-5-1-2-6-10/h3-4,7-8,10,13-15H,1-2,5-6,9H2. The number of aliphatic hydroxyl groups is 1. The van der Waals surface area contributed by atoms with Gasteiger partial charge in [-0.05, 0) is 29.9 Å². The lowest BCUT2D eigenvalue weighted by molar-refractivity contribution is -0.161. The summed E-state index contributed by atoms with van der Waals surface area (Å²) < 4.78 is 5.75.